The molecule has 21 heavy (non-hydrogen) atoms. The maximum absolute atomic E-state index is 12.4. The summed E-state index contributed by atoms with van der Waals surface area (Å²) < 4.78 is 0. The second-order valence-electron chi connectivity index (χ2n) is 8.68. The van der Waals surface area contributed by atoms with Gasteiger partial charge in [-0.15, -0.1) is 0 Å². The number of allylic oxidation sites excluding steroid dienone is 2. The molecule has 0 aromatic heterocycles. The summed E-state index contributed by atoms with van der Waals surface area (Å²) in [7, 11) is 0. The number of aliphatic hydroxyl groups excluding tert-OH is 1. The molecule has 3 unspecified atom stereocenters. The van der Waals surface area contributed by atoms with Gasteiger partial charge in [-0.3, -0.25) is 4.79 Å². The Morgan fingerprint density at radius 2 is 1.95 bits per heavy atom. The van der Waals surface area contributed by atoms with Crippen molar-refractivity contribution < 1.29 is 9.90 Å². The lowest BCUT2D eigenvalue weighted by molar-refractivity contribution is -0.136. The van der Waals surface area contributed by atoms with Crippen molar-refractivity contribution in [2.75, 3.05) is 0 Å². The van der Waals surface area contributed by atoms with E-state index in [-0.39, 0.29) is 5.41 Å². The lowest BCUT2D eigenvalue weighted by Crippen LogP contribution is -2.52. The molecule has 116 valence electrons. The van der Waals surface area contributed by atoms with Gasteiger partial charge in [-0.05, 0) is 73.7 Å². The van der Waals surface area contributed by atoms with Crippen LogP contribution in [0.2, 0.25) is 0 Å². The van der Waals surface area contributed by atoms with E-state index in [2.05, 4.69) is 19.9 Å². The van der Waals surface area contributed by atoms with Gasteiger partial charge in [-0.2, -0.15) is 0 Å². The van der Waals surface area contributed by atoms with Crippen LogP contribution in [0.5, 0.6) is 0 Å². The summed E-state index contributed by atoms with van der Waals surface area (Å²) >= 11 is 0. The Bertz CT molecular complexity index is 508. The third kappa shape index (κ3) is 1.74. The normalized spacial score (nSPS) is 52.7. The molecule has 2 heteroatoms. The first-order valence-electron chi connectivity index (χ1n) is 8.86. The minimum Gasteiger partial charge on any atom is -0.513 e. The first kappa shape index (κ1) is 13.8. The predicted octanol–water partition coefficient (Wildman–Crippen LogP) is 4.65. The van der Waals surface area contributed by atoms with Gasteiger partial charge in [-0.25, -0.2) is 0 Å². The van der Waals surface area contributed by atoms with Crippen LogP contribution in [0.4, 0.5) is 0 Å². The molecule has 1 N–H and O–H groups in total. The van der Waals surface area contributed by atoms with Crippen molar-refractivity contribution in [3.05, 3.63) is 11.8 Å². The van der Waals surface area contributed by atoms with Crippen molar-refractivity contribution in [2.24, 2.45) is 34.5 Å². The second kappa shape index (κ2) is 4.36. The number of ketones is 1. The van der Waals surface area contributed by atoms with Crippen LogP contribution in [-0.2, 0) is 4.79 Å². The summed E-state index contributed by atoms with van der Waals surface area (Å²) in [6, 6.07) is 0. The van der Waals surface area contributed by atoms with Crippen molar-refractivity contribution in [1.29, 1.82) is 0 Å². The molecular weight excluding hydrogens is 260 g/mol. The SMILES string of the molecule is C[C@]12CCC3C(CC[C@@H]4CC(O)=CC[C@]34C)C1CCC2=O. The average molecular weight is 288 g/mol. The topological polar surface area (TPSA) is 37.3 Å². The smallest absolute Gasteiger partial charge is 0.139 e. The number of carbonyl (C=O) groups is 1. The third-order valence-corrected chi connectivity index (χ3v) is 8.01. The van der Waals surface area contributed by atoms with Gasteiger partial charge >= 0.3 is 0 Å². The van der Waals surface area contributed by atoms with E-state index < -0.39 is 0 Å². The Labute approximate surface area is 128 Å². The molecule has 0 aromatic rings. The highest BCUT2D eigenvalue weighted by atomic mass is 16.3. The van der Waals surface area contributed by atoms with Crippen molar-refractivity contribution in [1.82, 2.24) is 0 Å². The molecule has 4 aliphatic carbocycles. The van der Waals surface area contributed by atoms with Crippen molar-refractivity contribution in [3.63, 3.8) is 0 Å². The summed E-state index contributed by atoms with van der Waals surface area (Å²) in [5, 5.41) is 9.90. The van der Waals surface area contributed by atoms with Gasteiger partial charge < -0.3 is 5.11 Å². The highest BCUT2D eigenvalue weighted by Crippen LogP contribution is 2.65. The largest absolute Gasteiger partial charge is 0.513 e. The summed E-state index contributed by atoms with van der Waals surface area (Å²) in [5.41, 5.74) is 0.360. The Morgan fingerprint density at radius 1 is 1.14 bits per heavy atom. The van der Waals surface area contributed by atoms with E-state index >= 15 is 0 Å². The summed E-state index contributed by atoms with van der Waals surface area (Å²) in [6.07, 6.45) is 10.8. The number of hydrogen-bond donors (Lipinski definition) is 1. The Balaban J connectivity index is 1.67. The van der Waals surface area contributed by atoms with Gasteiger partial charge in [0.2, 0.25) is 0 Å². The molecule has 0 aliphatic heterocycles. The van der Waals surface area contributed by atoms with E-state index in [9.17, 15) is 9.90 Å². The van der Waals surface area contributed by atoms with E-state index in [4.69, 9.17) is 0 Å². The van der Waals surface area contributed by atoms with E-state index in [1.165, 1.54) is 19.3 Å². The van der Waals surface area contributed by atoms with E-state index in [0.717, 1.165) is 43.9 Å². The summed E-state index contributed by atoms with van der Waals surface area (Å²) in [5.74, 6) is 3.98. The number of fused-ring (bicyclic) bond motifs is 5. The fourth-order valence-electron chi connectivity index (χ4n) is 6.63. The molecule has 3 saturated carbocycles. The van der Waals surface area contributed by atoms with Crippen LogP contribution in [0.15, 0.2) is 11.8 Å². The first-order chi connectivity index (χ1) is 9.95. The monoisotopic (exact) mass is 288 g/mol. The van der Waals surface area contributed by atoms with Gasteiger partial charge in [0.15, 0.2) is 0 Å². The number of Topliss-reactive ketones (excluding diaryl/α,β-unsaturated/α-hetero) is 1. The van der Waals surface area contributed by atoms with E-state index in [0.29, 0.717) is 28.8 Å². The van der Waals surface area contributed by atoms with Gasteiger partial charge in [0.25, 0.3) is 0 Å². The van der Waals surface area contributed by atoms with Crippen LogP contribution in [0, 0.1) is 34.5 Å². The van der Waals surface area contributed by atoms with Crippen molar-refractivity contribution >= 4 is 5.78 Å². The van der Waals surface area contributed by atoms with Crippen LogP contribution in [0.25, 0.3) is 0 Å². The lowest BCUT2D eigenvalue weighted by atomic mass is 9.46. The maximum atomic E-state index is 12.4. The first-order valence-corrected chi connectivity index (χ1v) is 8.86. The number of aliphatic hydroxyl groups is 1. The molecule has 0 heterocycles. The highest BCUT2D eigenvalue weighted by Gasteiger charge is 2.59. The molecule has 0 saturated heterocycles. The predicted molar refractivity (Wildman–Crippen MR) is 82.8 cm³/mol. The van der Waals surface area contributed by atoms with Crippen LogP contribution >= 0.6 is 0 Å². The zero-order valence-electron chi connectivity index (χ0n) is 13.4. The molecule has 4 rings (SSSR count). The van der Waals surface area contributed by atoms with Gasteiger partial charge in [0.05, 0.1) is 5.76 Å². The van der Waals surface area contributed by atoms with Crippen molar-refractivity contribution in [2.45, 2.75) is 65.2 Å². The molecule has 0 radical (unpaired) electrons. The van der Waals surface area contributed by atoms with E-state index in [1.807, 2.05) is 0 Å². The Hall–Kier alpha value is -0.790. The molecule has 0 spiro atoms. The number of hydrogen-bond acceptors (Lipinski definition) is 2. The lowest BCUT2D eigenvalue weighted by Gasteiger charge is -2.58. The van der Waals surface area contributed by atoms with E-state index in [1.54, 1.807) is 0 Å². The minimum absolute atomic E-state index is 0.00297. The summed E-state index contributed by atoms with van der Waals surface area (Å²) in [6.45, 7) is 4.72. The third-order valence-electron chi connectivity index (χ3n) is 8.01. The van der Waals surface area contributed by atoms with Gasteiger partial charge in [0.1, 0.15) is 5.78 Å². The quantitative estimate of drug-likeness (QED) is 0.704. The number of rotatable bonds is 0. The fourth-order valence-corrected chi connectivity index (χ4v) is 6.63. The molecule has 3 fully saturated rings. The highest BCUT2D eigenvalue weighted by molar-refractivity contribution is 5.87. The van der Waals surface area contributed by atoms with Crippen LogP contribution in [-0.4, -0.2) is 10.9 Å². The van der Waals surface area contributed by atoms with Crippen LogP contribution in [0.3, 0.4) is 0 Å². The average Bonchev–Trinajstić information content (AvgIpc) is 2.76. The zero-order chi connectivity index (χ0) is 14.8. The molecule has 0 amide bonds. The van der Waals surface area contributed by atoms with Crippen LogP contribution < -0.4 is 0 Å². The molecule has 6 atom stereocenters. The zero-order valence-corrected chi connectivity index (χ0v) is 13.4. The van der Waals surface area contributed by atoms with Gasteiger partial charge in [0, 0.05) is 18.3 Å². The fraction of sp³-hybridized carbons (Fsp3) is 0.842. The Morgan fingerprint density at radius 3 is 2.76 bits per heavy atom. The van der Waals surface area contributed by atoms with Crippen LogP contribution in [0.1, 0.15) is 65.2 Å². The molecule has 0 bridgehead atoms. The molecular formula is C19H28O2. The van der Waals surface area contributed by atoms with Crippen molar-refractivity contribution in [3.8, 4) is 0 Å². The summed E-state index contributed by atoms with van der Waals surface area (Å²) in [4.78, 5) is 12.4. The molecule has 2 nitrogen and oxygen atoms in total. The Kier molecular flexibility index (Phi) is 2.88. The number of carbonyl (C=O) groups excluding carboxylic acids is 1. The minimum atomic E-state index is -0.00297. The molecule has 4 aliphatic rings. The van der Waals surface area contributed by atoms with Gasteiger partial charge in [-0.1, -0.05) is 13.8 Å². The molecule has 0 aromatic carbocycles. The maximum Gasteiger partial charge on any atom is 0.139 e. The standard InChI is InChI=1S/C19H28O2/c1-18-9-7-13(20)11-12(18)3-4-14-15-5-6-17(21)19(15,2)10-8-16(14)18/h7,12,14-16,20H,3-6,8-11H2,1-2H3/t12-,14?,15?,16?,18+,19+/m1/s1. The second-order valence-corrected chi connectivity index (χ2v) is 8.68.